The van der Waals surface area contributed by atoms with Crippen LogP contribution in [0.4, 0.5) is 0 Å². The van der Waals surface area contributed by atoms with E-state index in [1.807, 2.05) is 6.07 Å². The number of carboxylic acids is 1. The maximum Gasteiger partial charge on any atom is 0.303 e. The third-order valence-corrected chi connectivity index (χ3v) is 3.48. The van der Waals surface area contributed by atoms with Crippen LogP contribution in [0.1, 0.15) is 12.1 Å². The van der Waals surface area contributed by atoms with Gasteiger partial charge in [-0.2, -0.15) is 0 Å². The highest BCUT2D eigenvalue weighted by atomic mass is 16.5. The van der Waals surface area contributed by atoms with Crippen LogP contribution >= 0.6 is 0 Å². The molecule has 0 saturated heterocycles. The lowest BCUT2D eigenvalue weighted by molar-refractivity contribution is -0.136. The van der Waals surface area contributed by atoms with Crippen molar-refractivity contribution >= 4 is 22.5 Å². The minimum absolute atomic E-state index is 0.0244. The number of hydrogen-bond acceptors (Lipinski definition) is 3. The summed E-state index contributed by atoms with van der Waals surface area (Å²) in [6.45, 7) is 0. The molecule has 2 heterocycles. The first kappa shape index (κ1) is 13.2. The molecule has 0 unspecified atom stereocenters. The van der Waals surface area contributed by atoms with E-state index in [1.54, 1.807) is 35.8 Å². The molecule has 0 aliphatic carbocycles. The Balaban J connectivity index is 2.27. The molecule has 0 radical (unpaired) electrons. The minimum atomic E-state index is -0.860. The van der Waals surface area contributed by atoms with Crippen molar-refractivity contribution in [3.63, 3.8) is 0 Å². The molecule has 0 fully saturated rings. The van der Waals surface area contributed by atoms with Gasteiger partial charge in [-0.15, -0.1) is 0 Å². The molecule has 3 rings (SSSR count). The van der Waals surface area contributed by atoms with Crippen LogP contribution in [0.2, 0.25) is 0 Å². The van der Waals surface area contributed by atoms with Crippen LogP contribution in [0.3, 0.4) is 0 Å². The molecular formula is C15H14N2O4. The Morgan fingerprint density at radius 3 is 2.76 bits per heavy atom. The summed E-state index contributed by atoms with van der Waals surface area (Å²) in [5, 5.41) is 8.83. The number of nitrogens with one attached hydrogen (secondary N) is 1. The van der Waals surface area contributed by atoms with Gasteiger partial charge in [0.05, 0.1) is 24.6 Å². The number of rotatable bonds is 4. The standard InChI is InChI=1S/C15H14N2O4/c1-21-10-4-6-12-11(8-10)16-15(20)13-5-2-9(17(12)13)3-7-14(18)19/h2,4-6,8H,3,7H2,1H3,(H,16,20)(H,18,19). The third kappa shape index (κ3) is 2.24. The fourth-order valence-corrected chi connectivity index (χ4v) is 2.49. The molecule has 0 bridgehead atoms. The second kappa shape index (κ2) is 4.97. The van der Waals surface area contributed by atoms with Gasteiger partial charge in [0.1, 0.15) is 11.3 Å². The van der Waals surface area contributed by atoms with E-state index in [4.69, 9.17) is 9.84 Å². The quantitative estimate of drug-likeness (QED) is 0.766. The normalized spacial score (nSPS) is 11.1. The first-order valence-corrected chi connectivity index (χ1v) is 6.52. The van der Waals surface area contributed by atoms with E-state index in [0.29, 0.717) is 23.2 Å². The topological polar surface area (TPSA) is 83.8 Å². The van der Waals surface area contributed by atoms with Crippen molar-refractivity contribution in [2.75, 3.05) is 7.11 Å². The third-order valence-electron chi connectivity index (χ3n) is 3.48. The average molecular weight is 286 g/mol. The molecule has 3 aromatic rings. The van der Waals surface area contributed by atoms with E-state index < -0.39 is 5.97 Å². The van der Waals surface area contributed by atoms with Crippen LogP contribution in [0.5, 0.6) is 5.75 Å². The average Bonchev–Trinajstić information content (AvgIpc) is 2.89. The number of H-pyrrole nitrogens is 1. The summed E-state index contributed by atoms with van der Waals surface area (Å²) in [6, 6.07) is 8.90. The van der Waals surface area contributed by atoms with Crippen LogP contribution in [0.25, 0.3) is 16.6 Å². The number of hydrogen-bond donors (Lipinski definition) is 2. The Bertz CT molecular complexity index is 892. The lowest BCUT2D eigenvalue weighted by Gasteiger charge is -2.08. The molecule has 0 saturated carbocycles. The molecule has 6 heteroatoms. The molecule has 21 heavy (non-hydrogen) atoms. The van der Waals surface area contributed by atoms with Gasteiger partial charge in [-0.05, 0) is 30.7 Å². The zero-order chi connectivity index (χ0) is 15.0. The van der Waals surface area contributed by atoms with Gasteiger partial charge in [0.2, 0.25) is 0 Å². The zero-order valence-electron chi connectivity index (χ0n) is 11.4. The van der Waals surface area contributed by atoms with Crippen LogP contribution in [0.15, 0.2) is 35.1 Å². The summed E-state index contributed by atoms with van der Waals surface area (Å²) in [4.78, 5) is 25.7. The molecule has 2 N–H and O–H groups in total. The number of benzene rings is 1. The van der Waals surface area contributed by atoms with E-state index in [0.717, 1.165) is 11.2 Å². The van der Waals surface area contributed by atoms with Gasteiger partial charge < -0.3 is 19.2 Å². The number of ether oxygens (including phenoxy) is 1. The van der Waals surface area contributed by atoms with E-state index in [9.17, 15) is 9.59 Å². The fourth-order valence-electron chi connectivity index (χ4n) is 2.49. The minimum Gasteiger partial charge on any atom is -0.497 e. The van der Waals surface area contributed by atoms with Gasteiger partial charge in [-0.1, -0.05) is 0 Å². The molecule has 0 aliphatic rings. The largest absolute Gasteiger partial charge is 0.497 e. The monoisotopic (exact) mass is 286 g/mol. The van der Waals surface area contributed by atoms with E-state index >= 15 is 0 Å². The van der Waals surface area contributed by atoms with Crippen molar-refractivity contribution < 1.29 is 14.6 Å². The van der Waals surface area contributed by atoms with Gasteiger partial charge in [0.15, 0.2) is 0 Å². The maximum absolute atomic E-state index is 12.1. The highest BCUT2D eigenvalue weighted by molar-refractivity contribution is 5.80. The molecule has 0 atom stereocenters. The van der Waals surface area contributed by atoms with Gasteiger partial charge in [-0.25, -0.2) is 0 Å². The van der Waals surface area contributed by atoms with E-state index in [2.05, 4.69) is 4.98 Å². The van der Waals surface area contributed by atoms with Crippen molar-refractivity contribution in [1.82, 2.24) is 9.38 Å². The van der Waals surface area contributed by atoms with Crippen molar-refractivity contribution in [3.05, 3.63) is 46.4 Å². The van der Waals surface area contributed by atoms with Crippen LogP contribution in [-0.4, -0.2) is 27.6 Å². The second-order valence-corrected chi connectivity index (χ2v) is 4.78. The zero-order valence-corrected chi connectivity index (χ0v) is 11.4. The van der Waals surface area contributed by atoms with Gasteiger partial charge >= 0.3 is 5.97 Å². The Kier molecular flexibility index (Phi) is 3.13. The number of fused-ring (bicyclic) bond motifs is 3. The molecule has 108 valence electrons. The Labute approximate surface area is 119 Å². The van der Waals surface area contributed by atoms with Crippen molar-refractivity contribution in [1.29, 1.82) is 0 Å². The van der Waals surface area contributed by atoms with E-state index in [1.165, 1.54) is 0 Å². The number of aromatic nitrogens is 2. The number of aryl methyl sites for hydroxylation is 1. The molecule has 2 aromatic heterocycles. The number of methoxy groups -OCH3 is 1. The van der Waals surface area contributed by atoms with Gasteiger partial charge in [0, 0.05) is 11.8 Å². The van der Waals surface area contributed by atoms with E-state index in [-0.39, 0.29) is 12.0 Å². The summed E-state index contributed by atoms with van der Waals surface area (Å²) in [5.74, 6) is -0.211. The van der Waals surface area contributed by atoms with Gasteiger partial charge in [0.25, 0.3) is 5.56 Å². The maximum atomic E-state index is 12.1. The number of nitrogens with zero attached hydrogens (tertiary/aromatic N) is 1. The Hall–Kier alpha value is -2.76. The Morgan fingerprint density at radius 1 is 1.29 bits per heavy atom. The summed E-state index contributed by atoms with van der Waals surface area (Å²) in [5.41, 5.74) is 2.56. The summed E-state index contributed by atoms with van der Waals surface area (Å²) >= 11 is 0. The predicted molar refractivity (Wildman–Crippen MR) is 78.0 cm³/mol. The molecule has 6 nitrogen and oxygen atoms in total. The first-order valence-electron chi connectivity index (χ1n) is 6.52. The summed E-state index contributed by atoms with van der Waals surface area (Å²) in [7, 11) is 1.56. The molecule has 0 spiro atoms. The lowest BCUT2D eigenvalue weighted by Crippen LogP contribution is -2.11. The molecule has 1 aromatic carbocycles. The highest BCUT2D eigenvalue weighted by Gasteiger charge is 2.11. The van der Waals surface area contributed by atoms with Crippen LogP contribution < -0.4 is 10.3 Å². The number of carbonyl (C=O) groups is 1. The van der Waals surface area contributed by atoms with Crippen LogP contribution in [-0.2, 0) is 11.2 Å². The van der Waals surface area contributed by atoms with Crippen molar-refractivity contribution in [3.8, 4) is 5.75 Å². The number of aromatic amines is 1. The molecule has 0 amide bonds. The SMILES string of the molecule is COc1ccc2c(c1)[nH]c(=O)c1ccc(CCC(=O)O)n12. The van der Waals surface area contributed by atoms with Gasteiger partial charge in [-0.3, -0.25) is 9.59 Å². The number of aliphatic carboxylic acids is 1. The second-order valence-electron chi connectivity index (χ2n) is 4.78. The predicted octanol–water partition coefficient (Wildman–Crippen LogP) is 1.81. The smallest absolute Gasteiger partial charge is 0.303 e. The van der Waals surface area contributed by atoms with Crippen molar-refractivity contribution in [2.24, 2.45) is 0 Å². The molecular weight excluding hydrogens is 272 g/mol. The fraction of sp³-hybridized carbons (Fsp3) is 0.200. The van der Waals surface area contributed by atoms with Crippen LogP contribution in [0, 0.1) is 0 Å². The molecule has 0 aliphatic heterocycles. The number of carboxylic acid groups (broad SMARTS) is 1. The summed E-state index contributed by atoms with van der Waals surface area (Å²) < 4.78 is 6.96. The first-order chi connectivity index (χ1) is 10.1. The summed E-state index contributed by atoms with van der Waals surface area (Å²) in [6.07, 6.45) is 0.393. The lowest BCUT2D eigenvalue weighted by atomic mass is 10.2. The Morgan fingerprint density at radius 2 is 2.05 bits per heavy atom. The van der Waals surface area contributed by atoms with Crippen molar-refractivity contribution in [2.45, 2.75) is 12.8 Å². The highest BCUT2D eigenvalue weighted by Crippen LogP contribution is 2.21.